The van der Waals surface area contributed by atoms with Gasteiger partial charge in [0.25, 0.3) is 0 Å². The van der Waals surface area contributed by atoms with Crippen molar-refractivity contribution in [2.24, 2.45) is 5.73 Å². The molecule has 7 nitrogen and oxygen atoms in total. The van der Waals surface area contributed by atoms with Crippen LogP contribution in [0.2, 0.25) is 0 Å². The third-order valence-corrected chi connectivity index (χ3v) is 4.90. The van der Waals surface area contributed by atoms with E-state index in [-0.39, 0.29) is 18.2 Å². The molecule has 3 N–H and O–H groups in total. The molecule has 31 heavy (non-hydrogen) atoms. The van der Waals surface area contributed by atoms with Crippen LogP contribution >= 0.6 is 0 Å². The number of benzene rings is 2. The number of nitrogens with one attached hydrogen (secondary N) is 1. The largest absolute Gasteiger partial charge is 0.573 e. The van der Waals surface area contributed by atoms with Crippen LogP contribution in [0.25, 0.3) is 0 Å². The summed E-state index contributed by atoms with van der Waals surface area (Å²) < 4.78 is 40.4. The van der Waals surface area contributed by atoms with Gasteiger partial charge in [0.05, 0.1) is 6.54 Å². The van der Waals surface area contributed by atoms with E-state index in [9.17, 15) is 22.8 Å². The van der Waals surface area contributed by atoms with E-state index < -0.39 is 18.3 Å². The highest BCUT2D eigenvalue weighted by atomic mass is 19.4. The number of rotatable bonds is 7. The van der Waals surface area contributed by atoms with E-state index in [1.54, 1.807) is 0 Å². The van der Waals surface area contributed by atoms with Crippen LogP contribution in [0.3, 0.4) is 0 Å². The number of piperazine rings is 1. The number of hydrogen-bond donors (Lipinski definition) is 2. The first-order chi connectivity index (χ1) is 14.7. The minimum Gasteiger partial charge on any atom is -0.406 e. The van der Waals surface area contributed by atoms with Crippen molar-refractivity contribution in [3.63, 3.8) is 0 Å². The van der Waals surface area contributed by atoms with Crippen molar-refractivity contribution in [3.05, 3.63) is 60.2 Å². The molecule has 0 spiro atoms. The quantitative estimate of drug-likeness (QED) is 0.696. The van der Waals surface area contributed by atoms with Gasteiger partial charge in [0.15, 0.2) is 0 Å². The fourth-order valence-corrected chi connectivity index (χ4v) is 3.51. The molecule has 2 amide bonds. The maximum atomic E-state index is 12.3. The van der Waals surface area contributed by atoms with Gasteiger partial charge in [-0.25, -0.2) is 0 Å². The number of alkyl halides is 3. The van der Waals surface area contributed by atoms with Crippen molar-refractivity contribution in [2.45, 2.75) is 12.4 Å². The number of amides is 2. The van der Waals surface area contributed by atoms with Crippen LogP contribution in [0.1, 0.15) is 11.6 Å². The standard InChI is InChI=1S/C21H23F3N4O3/c22-21(23,24)31-17-8-6-16(7-9-17)26-18(29)14-27-10-12-28(13-11-27)19(20(25)30)15-4-2-1-3-5-15/h1-9,19H,10-14H2,(H2,25,30)(H,26,29). The highest BCUT2D eigenvalue weighted by Crippen LogP contribution is 2.24. The van der Waals surface area contributed by atoms with Crippen molar-refractivity contribution in [1.29, 1.82) is 0 Å². The number of carbonyl (C=O) groups excluding carboxylic acids is 2. The summed E-state index contributed by atoms with van der Waals surface area (Å²) in [5.74, 6) is -1.06. The van der Waals surface area contributed by atoms with E-state index in [1.807, 2.05) is 40.1 Å². The second-order valence-electron chi connectivity index (χ2n) is 7.15. The Morgan fingerprint density at radius 3 is 2.16 bits per heavy atom. The van der Waals surface area contributed by atoms with Gasteiger partial charge in [-0.15, -0.1) is 13.2 Å². The molecular weight excluding hydrogens is 413 g/mol. The zero-order valence-electron chi connectivity index (χ0n) is 16.6. The van der Waals surface area contributed by atoms with Crippen molar-refractivity contribution < 1.29 is 27.5 Å². The Morgan fingerprint density at radius 1 is 1.00 bits per heavy atom. The minimum atomic E-state index is -4.76. The molecule has 0 radical (unpaired) electrons. The Kier molecular flexibility index (Phi) is 7.13. The highest BCUT2D eigenvalue weighted by Gasteiger charge is 2.31. The summed E-state index contributed by atoms with van der Waals surface area (Å²) in [6.07, 6.45) is -4.76. The molecule has 2 aromatic carbocycles. The number of nitrogens with two attached hydrogens (primary N) is 1. The fraction of sp³-hybridized carbons (Fsp3) is 0.333. The molecule has 1 aliphatic rings. The number of primary amides is 1. The van der Waals surface area contributed by atoms with Crippen LogP contribution in [-0.4, -0.2) is 60.7 Å². The van der Waals surface area contributed by atoms with E-state index >= 15 is 0 Å². The lowest BCUT2D eigenvalue weighted by Gasteiger charge is -2.38. The van der Waals surface area contributed by atoms with Gasteiger partial charge in [0, 0.05) is 31.9 Å². The van der Waals surface area contributed by atoms with Crippen molar-refractivity contribution in [1.82, 2.24) is 9.80 Å². The van der Waals surface area contributed by atoms with E-state index in [1.165, 1.54) is 12.1 Å². The van der Waals surface area contributed by atoms with Gasteiger partial charge < -0.3 is 15.8 Å². The third kappa shape index (κ3) is 6.69. The number of nitrogens with zero attached hydrogens (tertiary/aromatic N) is 2. The minimum absolute atomic E-state index is 0.126. The number of ether oxygens (including phenoxy) is 1. The van der Waals surface area contributed by atoms with Gasteiger partial charge in [-0.2, -0.15) is 0 Å². The van der Waals surface area contributed by atoms with Crippen LogP contribution in [-0.2, 0) is 9.59 Å². The average Bonchev–Trinajstić information content (AvgIpc) is 2.70. The molecule has 1 fully saturated rings. The van der Waals surface area contributed by atoms with Gasteiger partial charge in [0.2, 0.25) is 11.8 Å². The normalized spacial score (nSPS) is 16.5. The summed E-state index contributed by atoms with van der Waals surface area (Å²) in [6, 6.07) is 13.7. The lowest BCUT2D eigenvalue weighted by atomic mass is 10.0. The summed E-state index contributed by atoms with van der Waals surface area (Å²) in [6.45, 7) is 2.41. The summed E-state index contributed by atoms with van der Waals surface area (Å²) in [4.78, 5) is 28.2. The Morgan fingerprint density at radius 2 is 1.61 bits per heavy atom. The Labute approximate surface area is 177 Å². The van der Waals surface area contributed by atoms with Crippen molar-refractivity contribution in [2.75, 3.05) is 38.0 Å². The highest BCUT2D eigenvalue weighted by molar-refractivity contribution is 5.92. The lowest BCUT2D eigenvalue weighted by molar-refractivity contribution is -0.274. The molecule has 0 aliphatic carbocycles. The molecule has 0 bridgehead atoms. The van der Waals surface area contributed by atoms with E-state index in [2.05, 4.69) is 10.1 Å². The van der Waals surface area contributed by atoms with Crippen LogP contribution < -0.4 is 15.8 Å². The number of hydrogen-bond acceptors (Lipinski definition) is 5. The molecule has 3 rings (SSSR count). The maximum Gasteiger partial charge on any atom is 0.573 e. The molecule has 1 heterocycles. The first-order valence-corrected chi connectivity index (χ1v) is 9.67. The molecule has 1 aliphatic heterocycles. The number of halogens is 3. The summed E-state index contributed by atoms with van der Waals surface area (Å²) >= 11 is 0. The van der Waals surface area contributed by atoms with Gasteiger partial charge in [-0.1, -0.05) is 30.3 Å². The van der Waals surface area contributed by atoms with Crippen molar-refractivity contribution >= 4 is 17.5 Å². The van der Waals surface area contributed by atoms with E-state index in [0.29, 0.717) is 31.9 Å². The zero-order valence-corrected chi connectivity index (χ0v) is 16.6. The first-order valence-electron chi connectivity index (χ1n) is 9.67. The zero-order chi connectivity index (χ0) is 22.4. The second-order valence-corrected chi connectivity index (χ2v) is 7.15. The fourth-order valence-electron chi connectivity index (χ4n) is 3.51. The molecule has 166 valence electrons. The SMILES string of the molecule is NC(=O)C(c1ccccc1)N1CCN(CC(=O)Nc2ccc(OC(F)(F)F)cc2)CC1. The monoisotopic (exact) mass is 436 g/mol. The topological polar surface area (TPSA) is 87.9 Å². The molecule has 1 unspecified atom stereocenters. The summed E-state index contributed by atoms with van der Waals surface area (Å²) in [7, 11) is 0. The first kappa shape index (κ1) is 22.6. The molecule has 0 saturated carbocycles. The Bertz CT molecular complexity index is 883. The molecule has 2 aromatic rings. The van der Waals surface area contributed by atoms with Crippen LogP contribution in [0.5, 0.6) is 5.75 Å². The van der Waals surface area contributed by atoms with Crippen LogP contribution in [0.15, 0.2) is 54.6 Å². The molecule has 1 saturated heterocycles. The maximum absolute atomic E-state index is 12.3. The molecular formula is C21H23F3N4O3. The number of carbonyl (C=O) groups is 2. The van der Waals surface area contributed by atoms with Gasteiger partial charge in [-0.3, -0.25) is 19.4 Å². The smallest absolute Gasteiger partial charge is 0.406 e. The predicted octanol–water partition coefficient (Wildman–Crippen LogP) is 2.37. The van der Waals surface area contributed by atoms with Gasteiger partial charge in [0.1, 0.15) is 11.8 Å². The van der Waals surface area contributed by atoms with Crippen LogP contribution in [0.4, 0.5) is 18.9 Å². The summed E-state index contributed by atoms with van der Waals surface area (Å²) in [5, 5.41) is 2.65. The third-order valence-electron chi connectivity index (χ3n) is 4.90. The van der Waals surface area contributed by atoms with E-state index in [0.717, 1.165) is 17.7 Å². The second kappa shape index (κ2) is 9.80. The van der Waals surface area contributed by atoms with Crippen LogP contribution in [0, 0.1) is 0 Å². The molecule has 10 heteroatoms. The Hall–Kier alpha value is -3.11. The van der Waals surface area contributed by atoms with Crippen molar-refractivity contribution in [3.8, 4) is 5.75 Å². The van der Waals surface area contributed by atoms with E-state index in [4.69, 9.17) is 5.73 Å². The summed E-state index contributed by atoms with van der Waals surface area (Å²) in [5.41, 5.74) is 6.82. The number of anilines is 1. The molecule has 0 aromatic heterocycles. The van der Waals surface area contributed by atoms with Gasteiger partial charge in [-0.05, 0) is 29.8 Å². The predicted molar refractivity (Wildman–Crippen MR) is 108 cm³/mol. The van der Waals surface area contributed by atoms with Gasteiger partial charge >= 0.3 is 6.36 Å². The average molecular weight is 436 g/mol. The lowest BCUT2D eigenvalue weighted by Crippen LogP contribution is -2.51. The molecule has 1 atom stereocenters. The Balaban J connectivity index is 1.49.